The molecular weight excluding hydrogens is 661 g/mol. The molecule has 0 unspecified atom stereocenters. The van der Waals surface area contributed by atoms with Crippen LogP contribution in [0.5, 0.6) is 11.5 Å². The van der Waals surface area contributed by atoms with Crippen molar-refractivity contribution < 1.29 is 4.74 Å². The van der Waals surface area contributed by atoms with Gasteiger partial charge in [-0.1, -0.05) is 122 Å². The van der Waals surface area contributed by atoms with Gasteiger partial charge >= 0.3 is 0 Å². The maximum atomic E-state index is 6.73. The van der Waals surface area contributed by atoms with Crippen molar-refractivity contribution in [3.63, 3.8) is 0 Å². The van der Waals surface area contributed by atoms with Gasteiger partial charge in [-0.15, -0.1) is 0 Å². The molecule has 3 heterocycles. The van der Waals surface area contributed by atoms with Crippen LogP contribution < -0.4 is 14.5 Å². The van der Waals surface area contributed by atoms with Crippen LogP contribution in [0.2, 0.25) is 0 Å². The molecule has 5 heteroatoms. The average molecular weight is 711 g/mol. The molecule has 0 N–H and O–H groups in total. The van der Waals surface area contributed by atoms with Crippen molar-refractivity contribution in [3.05, 3.63) is 168 Å². The number of hydrogen-bond donors (Lipinski definition) is 0. The molecule has 8 rings (SSSR count). The molecule has 0 saturated carbocycles. The Bertz CT molecular complexity index is 2510. The van der Waals surface area contributed by atoms with E-state index in [9.17, 15) is 0 Å². The summed E-state index contributed by atoms with van der Waals surface area (Å²) in [6, 6.07) is 47.5. The van der Waals surface area contributed by atoms with E-state index in [4.69, 9.17) is 9.72 Å². The summed E-state index contributed by atoms with van der Waals surface area (Å²) >= 11 is 0. The molecular formula is C49H50N4O. The molecule has 0 fully saturated rings. The maximum absolute atomic E-state index is 6.73. The molecule has 1 aliphatic rings. The summed E-state index contributed by atoms with van der Waals surface area (Å²) in [6.45, 7) is 18.9. The van der Waals surface area contributed by atoms with Crippen molar-refractivity contribution in [2.75, 3.05) is 16.5 Å². The molecule has 7 aromatic rings. The molecule has 0 spiro atoms. The van der Waals surface area contributed by atoms with Crippen LogP contribution in [0, 0.1) is 0 Å². The van der Waals surface area contributed by atoms with Crippen LogP contribution in [0.25, 0.3) is 27.6 Å². The van der Waals surface area contributed by atoms with Gasteiger partial charge in [0.15, 0.2) is 0 Å². The van der Waals surface area contributed by atoms with Crippen LogP contribution in [0.3, 0.4) is 0 Å². The van der Waals surface area contributed by atoms with E-state index in [-0.39, 0.29) is 16.2 Å². The summed E-state index contributed by atoms with van der Waals surface area (Å²) < 4.78 is 8.99. The number of rotatable bonds is 7. The van der Waals surface area contributed by atoms with Crippen LogP contribution in [-0.2, 0) is 16.2 Å². The number of nitrogens with zero attached hydrogens (tertiary/aromatic N) is 4. The minimum Gasteiger partial charge on any atom is -0.457 e. The molecule has 0 atom stereocenters. The summed E-state index contributed by atoms with van der Waals surface area (Å²) in [4.78, 5) is 9.67. The van der Waals surface area contributed by atoms with Crippen LogP contribution >= 0.6 is 0 Å². The van der Waals surface area contributed by atoms with Gasteiger partial charge in [0.2, 0.25) is 0 Å². The van der Waals surface area contributed by atoms with Gasteiger partial charge in [0, 0.05) is 57.8 Å². The number of benzene rings is 5. The van der Waals surface area contributed by atoms with Gasteiger partial charge in [-0.3, -0.25) is 4.57 Å². The molecule has 1 aliphatic heterocycles. The fourth-order valence-corrected chi connectivity index (χ4v) is 7.63. The molecule has 5 aromatic carbocycles. The van der Waals surface area contributed by atoms with Crippen molar-refractivity contribution in [1.82, 2.24) is 9.55 Å². The topological polar surface area (TPSA) is 33.5 Å². The number of para-hydroxylation sites is 1. The normalized spacial score (nSPS) is 13.9. The number of aromatic nitrogens is 2. The van der Waals surface area contributed by atoms with Crippen LogP contribution in [-0.4, -0.2) is 16.2 Å². The van der Waals surface area contributed by atoms with E-state index in [0.717, 1.165) is 34.0 Å². The highest BCUT2D eigenvalue weighted by molar-refractivity contribution is 6.09. The van der Waals surface area contributed by atoms with E-state index in [1.165, 1.54) is 38.8 Å². The summed E-state index contributed by atoms with van der Waals surface area (Å²) in [6.07, 6.45) is 4.25. The Balaban J connectivity index is 1.17. The van der Waals surface area contributed by atoms with Crippen molar-refractivity contribution >= 4 is 33.2 Å². The molecule has 54 heavy (non-hydrogen) atoms. The lowest BCUT2D eigenvalue weighted by atomic mass is 9.81. The van der Waals surface area contributed by atoms with E-state index < -0.39 is 0 Å². The average Bonchev–Trinajstić information content (AvgIpc) is 3.76. The van der Waals surface area contributed by atoms with Gasteiger partial charge in [-0.05, 0) is 82.1 Å². The van der Waals surface area contributed by atoms with Crippen molar-refractivity contribution in [2.45, 2.75) is 71.6 Å². The van der Waals surface area contributed by atoms with Gasteiger partial charge in [-0.2, -0.15) is 0 Å². The van der Waals surface area contributed by atoms with Crippen molar-refractivity contribution in [1.29, 1.82) is 0 Å². The largest absolute Gasteiger partial charge is 0.457 e. The number of allylic oxidation sites excluding steroid dienone is 1. The second kappa shape index (κ2) is 13.2. The van der Waals surface area contributed by atoms with E-state index >= 15 is 0 Å². The monoisotopic (exact) mass is 710 g/mol. The Morgan fingerprint density at radius 1 is 0.537 bits per heavy atom. The number of anilines is 2. The Hall–Kier alpha value is -5.81. The van der Waals surface area contributed by atoms with Gasteiger partial charge in [-0.25, -0.2) is 4.98 Å². The first-order valence-electron chi connectivity index (χ1n) is 19.0. The lowest BCUT2D eigenvalue weighted by Gasteiger charge is -2.34. The summed E-state index contributed by atoms with van der Waals surface area (Å²) in [5.41, 5.74) is 9.31. The highest BCUT2D eigenvalue weighted by Gasteiger charge is 2.36. The molecule has 0 radical (unpaired) electrons. The third-order valence-electron chi connectivity index (χ3n) is 10.9. The quantitative estimate of drug-likeness (QED) is 0.165. The first-order chi connectivity index (χ1) is 25.8. The fraction of sp³-hybridized carbons (Fsp3) is 0.245. The Morgan fingerprint density at radius 3 is 1.96 bits per heavy atom. The number of pyridine rings is 1. The van der Waals surface area contributed by atoms with E-state index in [0.29, 0.717) is 6.67 Å². The summed E-state index contributed by atoms with van der Waals surface area (Å²) in [5.74, 6) is 2.46. The first-order valence-corrected chi connectivity index (χ1v) is 19.0. The zero-order valence-electron chi connectivity index (χ0n) is 32.8. The molecule has 0 bridgehead atoms. The molecule has 5 nitrogen and oxygen atoms in total. The van der Waals surface area contributed by atoms with Gasteiger partial charge < -0.3 is 14.5 Å². The zero-order chi connectivity index (χ0) is 37.8. The Morgan fingerprint density at radius 2 is 1.19 bits per heavy atom. The molecule has 272 valence electrons. The van der Waals surface area contributed by atoms with Crippen molar-refractivity contribution in [3.8, 4) is 17.3 Å². The van der Waals surface area contributed by atoms with E-state index in [1.807, 2.05) is 12.3 Å². The lowest BCUT2D eigenvalue weighted by Crippen LogP contribution is -2.33. The van der Waals surface area contributed by atoms with Gasteiger partial charge in [0.05, 0.1) is 17.7 Å². The van der Waals surface area contributed by atoms with Crippen LogP contribution in [0.1, 0.15) is 72.1 Å². The number of ether oxygens (including phenoxy) is 1. The van der Waals surface area contributed by atoms with Crippen LogP contribution in [0.15, 0.2) is 152 Å². The second-order valence-electron chi connectivity index (χ2n) is 17.1. The number of fused-ring (bicyclic) bond motifs is 3. The zero-order valence-corrected chi connectivity index (χ0v) is 32.8. The number of hydrogen-bond acceptors (Lipinski definition) is 4. The SMILES string of the molecule is CC(C)(C)c1cccc(N2C=C(C(C)(C)c3ccccc3)N(c3cccc(Oc4ccc5c6ccccc6n(-c6cc(C(C)(C)C)ccn6)c5c4)c3)C2)c1. The molecule has 0 saturated heterocycles. The smallest absolute Gasteiger partial charge is 0.137 e. The highest BCUT2D eigenvalue weighted by Crippen LogP contribution is 2.42. The highest BCUT2D eigenvalue weighted by atomic mass is 16.5. The predicted octanol–water partition coefficient (Wildman–Crippen LogP) is 12.7. The minimum absolute atomic E-state index is 0.00391. The third kappa shape index (κ3) is 6.53. The summed E-state index contributed by atoms with van der Waals surface area (Å²) in [7, 11) is 0. The Kier molecular flexibility index (Phi) is 8.64. The van der Waals surface area contributed by atoms with Crippen molar-refractivity contribution in [2.24, 2.45) is 0 Å². The Labute approximate surface area is 320 Å². The van der Waals surface area contributed by atoms with E-state index in [1.54, 1.807) is 0 Å². The van der Waals surface area contributed by atoms with E-state index in [2.05, 4.69) is 203 Å². The lowest BCUT2D eigenvalue weighted by molar-refractivity contribution is 0.483. The van der Waals surface area contributed by atoms with Gasteiger partial charge in [0.1, 0.15) is 17.3 Å². The van der Waals surface area contributed by atoms with Crippen LogP contribution in [0.4, 0.5) is 11.4 Å². The molecule has 0 aliphatic carbocycles. The molecule has 0 amide bonds. The first kappa shape index (κ1) is 35.2. The standard InChI is InChI=1S/C49H50N4O/c1-47(2,3)35-18-14-19-37(28-35)51-32-45(49(7,8)34-16-10-9-11-17-34)52(33-51)38-20-15-21-39(30-38)54-40-24-25-42-41-22-12-13-23-43(41)53(44(42)31-40)46-29-36(26-27-50-46)48(4,5)6/h9-32H,33H2,1-8H3. The maximum Gasteiger partial charge on any atom is 0.137 e. The predicted molar refractivity (Wildman–Crippen MR) is 226 cm³/mol. The minimum atomic E-state index is -0.259. The molecule has 2 aromatic heterocycles. The summed E-state index contributed by atoms with van der Waals surface area (Å²) in [5, 5.41) is 2.36. The van der Waals surface area contributed by atoms with Gasteiger partial charge in [0.25, 0.3) is 0 Å². The second-order valence-corrected chi connectivity index (χ2v) is 17.1. The fourth-order valence-electron chi connectivity index (χ4n) is 7.63. The third-order valence-corrected chi connectivity index (χ3v) is 10.9.